The number of esters is 1. The van der Waals surface area contributed by atoms with Gasteiger partial charge in [-0.25, -0.2) is 0 Å². The molecule has 0 heterocycles. The first kappa shape index (κ1) is 18.2. The van der Waals surface area contributed by atoms with Crippen LogP contribution >= 0.6 is 0 Å². The van der Waals surface area contributed by atoms with Gasteiger partial charge in [0.1, 0.15) is 0 Å². The number of ether oxygens (including phenoxy) is 1. The zero-order valence-electron chi connectivity index (χ0n) is 14.6. The molecule has 134 valence electrons. The molecule has 0 aromatic heterocycles. The van der Waals surface area contributed by atoms with E-state index in [9.17, 15) is 9.59 Å². The first-order chi connectivity index (χ1) is 13.1. The average molecular weight is 358 g/mol. The Labute approximate surface area is 157 Å². The Morgan fingerprint density at radius 2 is 1.63 bits per heavy atom. The lowest BCUT2D eigenvalue weighted by molar-refractivity contribution is -0.146. The number of benzene rings is 3. The number of nitrogens with zero attached hydrogens (tertiary/aromatic N) is 1. The third-order valence-corrected chi connectivity index (χ3v) is 4.05. The summed E-state index contributed by atoms with van der Waals surface area (Å²) < 4.78 is 5.06. The Bertz CT molecular complexity index is 1000. The summed E-state index contributed by atoms with van der Waals surface area (Å²) in [5.41, 5.74) is 2.30. The average Bonchev–Trinajstić information content (AvgIpc) is 2.68. The minimum absolute atomic E-state index is 0.112. The Morgan fingerprint density at radius 1 is 0.926 bits per heavy atom. The maximum atomic E-state index is 12.0. The van der Waals surface area contributed by atoms with Gasteiger partial charge in [0, 0.05) is 5.69 Å². The molecule has 0 radical (unpaired) electrons. The Hall–Kier alpha value is -3.65. The lowest BCUT2D eigenvalue weighted by Gasteiger charge is -2.08. The van der Waals surface area contributed by atoms with Crippen molar-refractivity contribution in [2.75, 3.05) is 11.9 Å². The molecule has 27 heavy (non-hydrogen) atoms. The molecular weight excluding hydrogens is 340 g/mol. The van der Waals surface area contributed by atoms with Gasteiger partial charge in [0.05, 0.1) is 18.9 Å². The van der Waals surface area contributed by atoms with E-state index in [1.165, 1.54) is 0 Å². The van der Waals surface area contributed by atoms with Crippen LogP contribution in [0.3, 0.4) is 0 Å². The van der Waals surface area contributed by atoms with E-state index in [0.717, 1.165) is 21.9 Å². The van der Waals surface area contributed by atoms with Crippen molar-refractivity contribution in [3.05, 3.63) is 77.9 Å². The molecule has 1 amide bonds. The molecule has 0 bridgehead atoms. The lowest BCUT2D eigenvalue weighted by Crippen LogP contribution is -2.21. The molecular formula is C22H18N2O3. The van der Waals surface area contributed by atoms with E-state index in [2.05, 4.69) is 11.4 Å². The van der Waals surface area contributed by atoms with Crippen LogP contribution in [0.1, 0.15) is 11.1 Å². The van der Waals surface area contributed by atoms with E-state index in [0.29, 0.717) is 12.1 Å². The number of nitriles is 1. The molecule has 0 spiro atoms. The second kappa shape index (κ2) is 8.63. The molecule has 0 fully saturated rings. The number of carbonyl (C=O) groups excluding carboxylic acids is 2. The predicted octanol–water partition coefficient (Wildman–Crippen LogP) is 3.63. The molecule has 0 saturated heterocycles. The van der Waals surface area contributed by atoms with Crippen molar-refractivity contribution in [3.63, 3.8) is 0 Å². The van der Waals surface area contributed by atoms with Crippen LogP contribution in [0, 0.1) is 11.3 Å². The number of anilines is 1. The van der Waals surface area contributed by atoms with Crippen molar-refractivity contribution in [2.24, 2.45) is 0 Å². The highest BCUT2D eigenvalue weighted by Crippen LogP contribution is 2.16. The summed E-state index contributed by atoms with van der Waals surface area (Å²) in [5, 5.41) is 13.5. The van der Waals surface area contributed by atoms with Crippen molar-refractivity contribution >= 4 is 28.3 Å². The number of amides is 1. The van der Waals surface area contributed by atoms with Gasteiger partial charge in [-0.15, -0.1) is 0 Å². The van der Waals surface area contributed by atoms with Gasteiger partial charge in [0.2, 0.25) is 0 Å². The van der Waals surface area contributed by atoms with Crippen LogP contribution in [-0.2, 0) is 27.2 Å². The maximum absolute atomic E-state index is 12.0. The summed E-state index contributed by atoms with van der Waals surface area (Å²) in [7, 11) is 0. The van der Waals surface area contributed by atoms with E-state index in [1.54, 1.807) is 24.3 Å². The molecule has 0 atom stereocenters. The number of hydrogen-bond donors (Lipinski definition) is 1. The van der Waals surface area contributed by atoms with Crippen LogP contribution in [0.2, 0.25) is 0 Å². The number of rotatable bonds is 6. The van der Waals surface area contributed by atoms with Crippen molar-refractivity contribution in [2.45, 2.75) is 12.8 Å². The molecule has 0 aliphatic carbocycles. The SMILES string of the molecule is N#CCc1ccc(NC(=O)COC(=O)Cc2ccc3ccccc3c2)cc1. The Kier molecular flexibility index (Phi) is 5.80. The molecule has 0 aliphatic heterocycles. The quantitative estimate of drug-likeness (QED) is 0.683. The standard InChI is InChI=1S/C22H18N2O3/c23-12-11-16-6-9-20(10-7-16)24-21(25)15-27-22(26)14-17-5-8-18-3-1-2-4-19(18)13-17/h1-10,13H,11,14-15H2,(H,24,25). The minimum Gasteiger partial charge on any atom is -0.455 e. The van der Waals surface area contributed by atoms with Crippen molar-refractivity contribution < 1.29 is 14.3 Å². The molecule has 3 aromatic rings. The van der Waals surface area contributed by atoms with Gasteiger partial charge >= 0.3 is 5.97 Å². The third kappa shape index (κ3) is 5.16. The number of fused-ring (bicyclic) bond motifs is 1. The van der Waals surface area contributed by atoms with Gasteiger partial charge in [-0.3, -0.25) is 9.59 Å². The number of nitrogens with one attached hydrogen (secondary N) is 1. The third-order valence-electron chi connectivity index (χ3n) is 4.05. The highest BCUT2D eigenvalue weighted by atomic mass is 16.5. The number of carbonyl (C=O) groups is 2. The van der Waals surface area contributed by atoms with E-state index in [-0.39, 0.29) is 13.0 Å². The topological polar surface area (TPSA) is 79.2 Å². The van der Waals surface area contributed by atoms with Gasteiger partial charge in [-0.1, -0.05) is 54.6 Å². The van der Waals surface area contributed by atoms with E-state index >= 15 is 0 Å². The fourth-order valence-electron chi connectivity index (χ4n) is 2.71. The van der Waals surface area contributed by atoms with E-state index < -0.39 is 11.9 Å². The molecule has 1 N–H and O–H groups in total. The number of hydrogen-bond acceptors (Lipinski definition) is 4. The van der Waals surface area contributed by atoms with Gasteiger partial charge in [-0.05, 0) is 34.0 Å². The smallest absolute Gasteiger partial charge is 0.310 e. The van der Waals surface area contributed by atoms with Crippen molar-refractivity contribution in [1.82, 2.24) is 0 Å². The maximum Gasteiger partial charge on any atom is 0.310 e. The molecule has 0 unspecified atom stereocenters. The molecule has 5 heteroatoms. The van der Waals surface area contributed by atoms with Crippen LogP contribution in [0.4, 0.5) is 5.69 Å². The zero-order valence-corrected chi connectivity index (χ0v) is 14.6. The van der Waals surface area contributed by atoms with Gasteiger partial charge in [-0.2, -0.15) is 5.26 Å². The van der Waals surface area contributed by atoms with Crippen molar-refractivity contribution in [1.29, 1.82) is 5.26 Å². The zero-order chi connectivity index (χ0) is 19.1. The van der Waals surface area contributed by atoms with Crippen LogP contribution in [0.5, 0.6) is 0 Å². The van der Waals surface area contributed by atoms with Crippen molar-refractivity contribution in [3.8, 4) is 6.07 Å². The Morgan fingerprint density at radius 3 is 2.37 bits per heavy atom. The fourth-order valence-corrected chi connectivity index (χ4v) is 2.71. The fraction of sp³-hybridized carbons (Fsp3) is 0.136. The summed E-state index contributed by atoms with van der Waals surface area (Å²) in [6.07, 6.45) is 0.432. The van der Waals surface area contributed by atoms with E-state index in [4.69, 9.17) is 10.00 Å². The normalized spacial score (nSPS) is 10.2. The largest absolute Gasteiger partial charge is 0.455 e. The monoisotopic (exact) mass is 358 g/mol. The highest BCUT2D eigenvalue weighted by molar-refractivity contribution is 5.93. The highest BCUT2D eigenvalue weighted by Gasteiger charge is 2.09. The second-order valence-electron chi connectivity index (χ2n) is 6.10. The summed E-state index contributed by atoms with van der Waals surface area (Å²) >= 11 is 0. The van der Waals surface area contributed by atoms with Crippen LogP contribution in [0.15, 0.2) is 66.7 Å². The summed E-state index contributed by atoms with van der Waals surface area (Å²) in [5.74, 6) is -0.861. The van der Waals surface area contributed by atoms with Gasteiger partial charge in [0.25, 0.3) is 5.91 Å². The first-order valence-corrected chi connectivity index (χ1v) is 8.53. The molecule has 3 rings (SSSR count). The summed E-state index contributed by atoms with van der Waals surface area (Å²) in [4.78, 5) is 23.9. The van der Waals surface area contributed by atoms with Crippen LogP contribution < -0.4 is 5.32 Å². The minimum atomic E-state index is -0.454. The summed E-state index contributed by atoms with van der Waals surface area (Å²) in [6.45, 7) is -0.341. The van der Waals surface area contributed by atoms with Crippen LogP contribution in [0.25, 0.3) is 10.8 Å². The summed E-state index contributed by atoms with van der Waals surface area (Å²) in [6, 6.07) is 22.7. The Balaban J connectivity index is 1.49. The van der Waals surface area contributed by atoms with E-state index in [1.807, 2.05) is 42.5 Å². The molecule has 5 nitrogen and oxygen atoms in total. The van der Waals surface area contributed by atoms with Gasteiger partial charge in [0.15, 0.2) is 6.61 Å². The molecule has 0 saturated carbocycles. The first-order valence-electron chi connectivity index (χ1n) is 8.53. The van der Waals surface area contributed by atoms with Gasteiger partial charge < -0.3 is 10.1 Å². The van der Waals surface area contributed by atoms with Crippen LogP contribution in [-0.4, -0.2) is 18.5 Å². The molecule has 0 aliphatic rings. The second-order valence-corrected chi connectivity index (χ2v) is 6.10. The predicted molar refractivity (Wildman–Crippen MR) is 103 cm³/mol. The lowest BCUT2D eigenvalue weighted by atomic mass is 10.1. The molecule has 3 aromatic carbocycles.